The van der Waals surface area contributed by atoms with E-state index in [0.717, 1.165) is 17.0 Å². The third-order valence-electron chi connectivity index (χ3n) is 3.33. The van der Waals surface area contributed by atoms with Crippen LogP contribution in [0.5, 0.6) is 5.75 Å². The maximum Gasteiger partial charge on any atom is 0.155 e. The summed E-state index contributed by atoms with van der Waals surface area (Å²) in [6, 6.07) is 15.6. The van der Waals surface area contributed by atoms with E-state index in [4.69, 9.17) is 10.5 Å². The minimum atomic E-state index is 0.507. The summed E-state index contributed by atoms with van der Waals surface area (Å²) in [6.45, 7) is 2.04. The van der Waals surface area contributed by atoms with Crippen LogP contribution in [0.3, 0.4) is 0 Å². The maximum atomic E-state index is 6.19. The number of nitrogens with two attached hydrogens (primary N) is 1. The van der Waals surface area contributed by atoms with Gasteiger partial charge in [-0.3, -0.25) is 0 Å². The van der Waals surface area contributed by atoms with Crippen molar-refractivity contribution in [1.29, 1.82) is 0 Å². The Hall–Kier alpha value is -2.82. The van der Waals surface area contributed by atoms with Crippen molar-refractivity contribution in [3.8, 4) is 22.7 Å². The number of aryl methyl sites for hydroxylation is 1. The van der Waals surface area contributed by atoms with Gasteiger partial charge < -0.3 is 10.5 Å². The molecule has 2 N–H and O–H groups in total. The highest BCUT2D eigenvalue weighted by Crippen LogP contribution is 2.27. The molecule has 0 radical (unpaired) electrons. The summed E-state index contributed by atoms with van der Waals surface area (Å²) in [6.07, 6.45) is 0. The maximum absolute atomic E-state index is 6.19. The summed E-state index contributed by atoms with van der Waals surface area (Å²) in [7, 11) is 1.63. The van der Waals surface area contributed by atoms with Crippen molar-refractivity contribution in [2.45, 2.75) is 6.92 Å². The van der Waals surface area contributed by atoms with Crippen LogP contribution in [0, 0.1) is 6.92 Å². The van der Waals surface area contributed by atoms with Crippen molar-refractivity contribution in [3.63, 3.8) is 0 Å². The Balaban J connectivity index is 2.04. The lowest BCUT2D eigenvalue weighted by Crippen LogP contribution is -2.02. The number of nitrogens with zero attached hydrogens (tertiary/aromatic N) is 3. The Bertz CT molecular complexity index is 762. The average molecular weight is 280 g/mol. The molecular formula is C16H16N4O. The van der Waals surface area contributed by atoms with Gasteiger partial charge in [-0.2, -0.15) is 4.68 Å². The summed E-state index contributed by atoms with van der Waals surface area (Å²) in [5.74, 6) is 1.27. The summed E-state index contributed by atoms with van der Waals surface area (Å²) >= 11 is 0. The number of hydrogen-bond donors (Lipinski definition) is 1. The number of methoxy groups -OCH3 is 1. The number of hydrogen-bond acceptors (Lipinski definition) is 4. The highest BCUT2D eigenvalue weighted by molar-refractivity contribution is 5.71. The standard InChI is InChI=1S/C16H16N4O/c1-11-6-8-13(9-7-11)20-16(17)15(18-19-20)12-4-3-5-14(10-12)21-2/h3-10H,17H2,1-2H3. The van der Waals surface area contributed by atoms with Gasteiger partial charge in [0.15, 0.2) is 5.82 Å². The Morgan fingerprint density at radius 2 is 1.86 bits per heavy atom. The van der Waals surface area contributed by atoms with Gasteiger partial charge in [-0.1, -0.05) is 35.0 Å². The van der Waals surface area contributed by atoms with Gasteiger partial charge in [-0.05, 0) is 31.2 Å². The molecule has 5 nitrogen and oxygen atoms in total. The molecule has 0 saturated carbocycles. The third kappa shape index (κ3) is 2.45. The van der Waals surface area contributed by atoms with Crippen LogP contribution in [-0.4, -0.2) is 22.1 Å². The van der Waals surface area contributed by atoms with Crippen molar-refractivity contribution in [1.82, 2.24) is 15.0 Å². The Kier molecular flexibility index (Phi) is 3.31. The molecule has 0 unspecified atom stereocenters. The Labute approximate surface area is 123 Å². The zero-order chi connectivity index (χ0) is 14.8. The highest BCUT2D eigenvalue weighted by Gasteiger charge is 2.13. The van der Waals surface area contributed by atoms with Crippen molar-refractivity contribution < 1.29 is 4.74 Å². The van der Waals surface area contributed by atoms with E-state index in [0.29, 0.717) is 11.5 Å². The second-order valence-electron chi connectivity index (χ2n) is 4.80. The predicted molar refractivity (Wildman–Crippen MR) is 82.5 cm³/mol. The lowest BCUT2D eigenvalue weighted by molar-refractivity contribution is 0.415. The van der Waals surface area contributed by atoms with Crippen LogP contribution in [0.1, 0.15) is 5.56 Å². The van der Waals surface area contributed by atoms with Gasteiger partial charge in [0.05, 0.1) is 12.8 Å². The molecule has 1 aromatic heterocycles. The largest absolute Gasteiger partial charge is 0.497 e. The molecule has 0 amide bonds. The first-order valence-corrected chi connectivity index (χ1v) is 6.61. The molecule has 0 fully saturated rings. The van der Waals surface area contributed by atoms with Gasteiger partial charge in [-0.25, -0.2) is 0 Å². The normalized spacial score (nSPS) is 10.6. The minimum Gasteiger partial charge on any atom is -0.497 e. The number of anilines is 1. The molecule has 0 aliphatic rings. The second kappa shape index (κ2) is 5.28. The van der Waals surface area contributed by atoms with Crippen LogP contribution in [-0.2, 0) is 0 Å². The highest BCUT2D eigenvalue weighted by atomic mass is 16.5. The van der Waals surface area contributed by atoms with Crippen molar-refractivity contribution in [2.75, 3.05) is 12.8 Å². The molecule has 0 aliphatic carbocycles. The second-order valence-corrected chi connectivity index (χ2v) is 4.80. The lowest BCUT2D eigenvalue weighted by atomic mass is 10.1. The zero-order valence-electron chi connectivity index (χ0n) is 11.9. The van der Waals surface area contributed by atoms with Crippen LogP contribution in [0.25, 0.3) is 16.9 Å². The molecule has 106 valence electrons. The van der Waals surface area contributed by atoms with Crippen LogP contribution < -0.4 is 10.5 Å². The number of nitrogen functional groups attached to an aromatic ring is 1. The number of aromatic nitrogens is 3. The zero-order valence-corrected chi connectivity index (χ0v) is 11.9. The molecule has 1 heterocycles. The van der Waals surface area contributed by atoms with E-state index in [1.807, 2.05) is 55.5 Å². The first-order valence-electron chi connectivity index (χ1n) is 6.61. The lowest BCUT2D eigenvalue weighted by Gasteiger charge is -2.05. The topological polar surface area (TPSA) is 66.0 Å². The first-order chi connectivity index (χ1) is 10.2. The van der Waals surface area contributed by atoms with E-state index in [1.54, 1.807) is 11.8 Å². The number of ether oxygens (including phenoxy) is 1. The molecule has 2 aromatic carbocycles. The summed E-state index contributed by atoms with van der Waals surface area (Å²) < 4.78 is 6.86. The third-order valence-corrected chi connectivity index (χ3v) is 3.33. The molecule has 0 saturated heterocycles. The Morgan fingerprint density at radius 1 is 1.10 bits per heavy atom. The van der Waals surface area contributed by atoms with E-state index >= 15 is 0 Å². The van der Waals surface area contributed by atoms with Gasteiger partial charge in [0.25, 0.3) is 0 Å². The first kappa shape index (κ1) is 13.2. The Morgan fingerprint density at radius 3 is 2.57 bits per heavy atom. The van der Waals surface area contributed by atoms with Gasteiger partial charge in [-0.15, -0.1) is 5.10 Å². The van der Waals surface area contributed by atoms with Gasteiger partial charge in [0.1, 0.15) is 11.4 Å². The van der Waals surface area contributed by atoms with E-state index in [-0.39, 0.29) is 0 Å². The minimum absolute atomic E-state index is 0.507. The molecular weight excluding hydrogens is 264 g/mol. The SMILES string of the molecule is COc1cccc(-c2nnn(-c3ccc(C)cc3)c2N)c1. The monoisotopic (exact) mass is 280 g/mol. The predicted octanol–water partition coefficient (Wildman–Crippen LogP) is 2.83. The molecule has 21 heavy (non-hydrogen) atoms. The van der Waals surface area contributed by atoms with Crippen LogP contribution in [0.4, 0.5) is 5.82 Å². The molecule has 0 spiro atoms. The van der Waals surface area contributed by atoms with E-state index in [9.17, 15) is 0 Å². The molecule has 0 aliphatic heterocycles. The number of benzene rings is 2. The summed E-state index contributed by atoms with van der Waals surface area (Å²) in [5, 5.41) is 8.34. The fourth-order valence-corrected chi connectivity index (χ4v) is 2.14. The van der Waals surface area contributed by atoms with Crippen LogP contribution in [0.15, 0.2) is 48.5 Å². The fourth-order valence-electron chi connectivity index (χ4n) is 2.14. The van der Waals surface area contributed by atoms with Crippen molar-refractivity contribution >= 4 is 5.82 Å². The molecule has 0 bridgehead atoms. The van der Waals surface area contributed by atoms with Crippen LogP contribution in [0.2, 0.25) is 0 Å². The number of rotatable bonds is 3. The van der Waals surface area contributed by atoms with Crippen LogP contribution >= 0.6 is 0 Å². The van der Waals surface area contributed by atoms with Gasteiger partial charge in [0.2, 0.25) is 0 Å². The smallest absolute Gasteiger partial charge is 0.155 e. The van der Waals surface area contributed by atoms with Crippen molar-refractivity contribution in [3.05, 3.63) is 54.1 Å². The fraction of sp³-hybridized carbons (Fsp3) is 0.125. The summed E-state index contributed by atoms with van der Waals surface area (Å²) in [4.78, 5) is 0. The summed E-state index contributed by atoms with van der Waals surface area (Å²) in [5.41, 5.74) is 9.80. The van der Waals surface area contributed by atoms with E-state index < -0.39 is 0 Å². The van der Waals surface area contributed by atoms with Crippen molar-refractivity contribution in [2.24, 2.45) is 0 Å². The van der Waals surface area contributed by atoms with E-state index in [2.05, 4.69) is 10.3 Å². The molecule has 3 rings (SSSR count). The average Bonchev–Trinajstić information content (AvgIpc) is 2.90. The molecule has 5 heteroatoms. The molecule has 3 aromatic rings. The quantitative estimate of drug-likeness (QED) is 0.801. The van der Waals surface area contributed by atoms with E-state index in [1.165, 1.54) is 5.56 Å². The molecule has 0 atom stereocenters. The van der Waals surface area contributed by atoms with Gasteiger partial charge in [0, 0.05) is 5.56 Å². The van der Waals surface area contributed by atoms with Gasteiger partial charge >= 0.3 is 0 Å².